The summed E-state index contributed by atoms with van der Waals surface area (Å²) in [6, 6.07) is 1.86. The summed E-state index contributed by atoms with van der Waals surface area (Å²) >= 11 is 0. The van der Waals surface area contributed by atoms with Crippen LogP contribution in [0.3, 0.4) is 0 Å². The molecule has 3 N–H and O–H groups in total. The number of amides is 1. The molecule has 0 aliphatic rings. The highest BCUT2D eigenvalue weighted by Gasteiger charge is 2.04. The second-order valence-electron chi connectivity index (χ2n) is 3.70. The maximum atomic E-state index is 10.5. The highest BCUT2D eigenvalue weighted by molar-refractivity contribution is 5.74. The third-order valence-corrected chi connectivity index (χ3v) is 2.18. The molecule has 0 aliphatic heterocycles. The van der Waals surface area contributed by atoms with Gasteiger partial charge in [-0.15, -0.1) is 0 Å². The van der Waals surface area contributed by atoms with Crippen LogP contribution in [0.5, 0.6) is 0 Å². The van der Waals surface area contributed by atoms with Crippen molar-refractivity contribution in [2.45, 2.75) is 6.92 Å². The van der Waals surface area contributed by atoms with Crippen molar-refractivity contribution in [3.8, 4) is 0 Å². The molecular weight excluding hydrogens is 236 g/mol. The zero-order chi connectivity index (χ0) is 13.0. The van der Waals surface area contributed by atoms with E-state index < -0.39 is 5.91 Å². The van der Waals surface area contributed by atoms with E-state index in [1.54, 1.807) is 4.52 Å². The zero-order valence-electron chi connectivity index (χ0n) is 9.96. The van der Waals surface area contributed by atoms with E-state index in [4.69, 9.17) is 10.5 Å². The van der Waals surface area contributed by atoms with E-state index in [0.29, 0.717) is 18.9 Å². The fraction of sp³-hybridized carbons (Fsp3) is 0.400. The van der Waals surface area contributed by atoms with Crippen LogP contribution in [0.2, 0.25) is 0 Å². The van der Waals surface area contributed by atoms with Gasteiger partial charge in [-0.1, -0.05) is 0 Å². The third kappa shape index (κ3) is 2.92. The maximum Gasteiger partial charge on any atom is 0.254 e. The Morgan fingerprint density at radius 3 is 3.22 bits per heavy atom. The molecule has 8 nitrogen and oxygen atoms in total. The molecular formula is C10H14N6O2. The lowest BCUT2D eigenvalue weighted by molar-refractivity contribution is -0.122. The van der Waals surface area contributed by atoms with Gasteiger partial charge in [-0.25, -0.2) is 4.98 Å². The Morgan fingerprint density at radius 2 is 2.44 bits per heavy atom. The van der Waals surface area contributed by atoms with E-state index in [1.165, 1.54) is 6.33 Å². The first-order chi connectivity index (χ1) is 8.66. The van der Waals surface area contributed by atoms with Crippen molar-refractivity contribution in [1.82, 2.24) is 19.6 Å². The molecule has 0 saturated heterocycles. The van der Waals surface area contributed by atoms with Gasteiger partial charge < -0.3 is 15.8 Å². The zero-order valence-corrected chi connectivity index (χ0v) is 9.96. The minimum absolute atomic E-state index is 0.0736. The number of primary amides is 1. The lowest BCUT2D eigenvalue weighted by Gasteiger charge is -2.08. The van der Waals surface area contributed by atoms with Crippen LogP contribution in [-0.4, -0.2) is 45.2 Å². The molecule has 8 heteroatoms. The molecule has 2 heterocycles. The number of hydrogen-bond acceptors (Lipinski definition) is 6. The summed E-state index contributed by atoms with van der Waals surface area (Å²) in [6.45, 7) is 2.71. The number of nitrogens with zero attached hydrogens (tertiary/aromatic N) is 4. The van der Waals surface area contributed by atoms with Crippen LogP contribution in [0.1, 0.15) is 5.69 Å². The maximum absolute atomic E-state index is 10.5. The molecule has 2 aromatic rings. The number of nitrogens with one attached hydrogen (secondary N) is 1. The number of anilines is 1. The van der Waals surface area contributed by atoms with E-state index in [9.17, 15) is 4.79 Å². The van der Waals surface area contributed by atoms with E-state index in [0.717, 1.165) is 11.5 Å². The highest BCUT2D eigenvalue weighted by atomic mass is 16.5. The van der Waals surface area contributed by atoms with Gasteiger partial charge in [-0.3, -0.25) is 4.79 Å². The van der Waals surface area contributed by atoms with Crippen molar-refractivity contribution in [2.75, 3.05) is 25.1 Å². The van der Waals surface area contributed by atoms with Crippen LogP contribution in [0.25, 0.3) is 5.78 Å². The second kappa shape index (κ2) is 5.41. The van der Waals surface area contributed by atoms with Crippen LogP contribution >= 0.6 is 0 Å². The number of hydrogen-bond donors (Lipinski definition) is 2. The number of nitrogens with two attached hydrogens (primary N) is 1. The average molecular weight is 250 g/mol. The average Bonchev–Trinajstić information content (AvgIpc) is 2.75. The van der Waals surface area contributed by atoms with Gasteiger partial charge in [-0.05, 0) is 6.92 Å². The van der Waals surface area contributed by atoms with Crippen molar-refractivity contribution in [2.24, 2.45) is 5.73 Å². The number of aryl methyl sites for hydroxylation is 1. The van der Waals surface area contributed by atoms with Gasteiger partial charge in [0.1, 0.15) is 18.8 Å². The Hall–Kier alpha value is -2.22. The van der Waals surface area contributed by atoms with Crippen molar-refractivity contribution >= 4 is 17.5 Å². The Balaban J connectivity index is 1.94. The summed E-state index contributed by atoms with van der Waals surface area (Å²) in [4.78, 5) is 18.7. The van der Waals surface area contributed by atoms with Gasteiger partial charge in [0.15, 0.2) is 0 Å². The minimum atomic E-state index is -0.478. The molecule has 0 bridgehead atoms. The topological polar surface area (TPSA) is 107 Å². The summed E-state index contributed by atoms with van der Waals surface area (Å²) in [5.41, 5.74) is 5.79. The van der Waals surface area contributed by atoms with Crippen LogP contribution in [-0.2, 0) is 9.53 Å². The van der Waals surface area contributed by atoms with Gasteiger partial charge in [0.25, 0.3) is 5.78 Å². The van der Waals surface area contributed by atoms with E-state index in [1.807, 2.05) is 13.0 Å². The molecule has 0 fully saturated rings. The molecule has 2 aromatic heterocycles. The van der Waals surface area contributed by atoms with Gasteiger partial charge in [0.05, 0.1) is 6.61 Å². The fourth-order valence-corrected chi connectivity index (χ4v) is 1.48. The van der Waals surface area contributed by atoms with Crippen molar-refractivity contribution in [1.29, 1.82) is 0 Å². The van der Waals surface area contributed by atoms with E-state index >= 15 is 0 Å². The van der Waals surface area contributed by atoms with Gasteiger partial charge in [0.2, 0.25) is 5.91 Å². The summed E-state index contributed by atoms with van der Waals surface area (Å²) in [5, 5.41) is 7.18. The summed E-state index contributed by atoms with van der Waals surface area (Å²) in [5.74, 6) is 0.835. The number of aromatic nitrogens is 4. The molecule has 18 heavy (non-hydrogen) atoms. The predicted octanol–water partition coefficient (Wildman–Crippen LogP) is -0.653. The number of fused-ring (bicyclic) bond motifs is 1. The predicted molar refractivity (Wildman–Crippen MR) is 64.0 cm³/mol. The molecule has 0 atom stereocenters. The number of rotatable bonds is 6. The Labute approximate surface area is 103 Å². The Kier molecular flexibility index (Phi) is 3.68. The number of carbonyl (C=O) groups is 1. The van der Waals surface area contributed by atoms with Crippen molar-refractivity contribution < 1.29 is 9.53 Å². The van der Waals surface area contributed by atoms with E-state index in [2.05, 4.69) is 20.4 Å². The largest absolute Gasteiger partial charge is 0.370 e. The Bertz CT molecular complexity index is 552. The number of ether oxygens (including phenoxy) is 1. The smallest absolute Gasteiger partial charge is 0.254 e. The van der Waals surface area contributed by atoms with Gasteiger partial charge in [-0.2, -0.15) is 14.6 Å². The standard InChI is InChI=1S/C10H14N6O2/c1-7-4-9(12-2-3-18-5-8(11)17)16-10(15-7)13-6-14-16/h4,6,12H,2-3,5H2,1H3,(H2,11,17). The van der Waals surface area contributed by atoms with Crippen LogP contribution < -0.4 is 11.1 Å². The highest BCUT2D eigenvalue weighted by Crippen LogP contribution is 2.09. The molecule has 96 valence electrons. The normalized spacial score (nSPS) is 10.7. The first-order valence-corrected chi connectivity index (χ1v) is 5.44. The monoisotopic (exact) mass is 250 g/mol. The SMILES string of the molecule is Cc1cc(NCCOCC(N)=O)n2ncnc2n1. The quantitative estimate of drug-likeness (QED) is 0.659. The summed E-state index contributed by atoms with van der Waals surface area (Å²) < 4.78 is 6.64. The summed E-state index contributed by atoms with van der Waals surface area (Å²) in [6.07, 6.45) is 1.44. The molecule has 0 saturated carbocycles. The molecule has 2 rings (SSSR count). The lowest BCUT2D eigenvalue weighted by atomic mass is 10.4. The first kappa shape index (κ1) is 12.2. The van der Waals surface area contributed by atoms with Crippen LogP contribution in [0.4, 0.5) is 5.82 Å². The van der Waals surface area contributed by atoms with Crippen LogP contribution in [0, 0.1) is 6.92 Å². The van der Waals surface area contributed by atoms with Gasteiger partial charge in [0, 0.05) is 18.3 Å². The van der Waals surface area contributed by atoms with Crippen molar-refractivity contribution in [3.05, 3.63) is 18.1 Å². The molecule has 0 spiro atoms. The first-order valence-electron chi connectivity index (χ1n) is 5.44. The molecule has 1 amide bonds. The van der Waals surface area contributed by atoms with Gasteiger partial charge >= 0.3 is 0 Å². The number of carbonyl (C=O) groups excluding carboxylic acids is 1. The fourth-order valence-electron chi connectivity index (χ4n) is 1.48. The van der Waals surface area contributed by atoms with E-state index in [-0.39, 0.29) is 6.61 Å². The van der Waals surface area contributed by atoms with Crippen LogP contribution in [0.15, 0.2) is 12.4 Å². The molecule has 0 aromatic carbocycles. The molecule has 0 aliphatic carbocycles. The summed E-state index contributed by atoms with van der Waals surface area (Å²) in [7, 11) is 0. The second-order valence-corrected chi connectivity index (χ2v) is 3.70. The molecule has 0 unspecified atom stereocenters. The lowest BCUT2D eigenvalue weighted by Crippen LogP contribution is -2.21. The van der Waals surface area contributed by atoms with Crippen molar-refractivity contribution in [3.63, 3.8) is 0 Å². The Morgan fingerprint density at radius 1 is 1.61 bits per heavy atom. The minimum Gasteiger partial charge on any atom is -0.370 e. The molecule has 0 radical (unpaired) electrons. The third-order valence-electron chi connectivity index (χ3n) is 2.18.